The van der Waals surface area contributed by atoms with E-state index >= 15 is 0 Å². The van der Waals surface area contributed by atoms with E-state index in [1.165, 1.54) is 0 Å². The Morgan fingerprint density at radius 1 is 0.739 bits per heavy atom. The molecule has 1 fully saturated rings. The summed E-state index contributed by atoms with van der Waals surface area (Å²) in [4.78, 5) is 9.53. The molecule has 2 aromatic rings. The van der Waals surface area contributed by atoms with Crippen molar-refractivity contribution in [1.82, 2.24) is 10.6 Å². The molecule has 0 bridgehead atoms. The largest absolute Gasteiger partial charge is 0.584 e. The van der Waals surface area contributed by atoms with Crippen LogP contribution in [0.1, 0.15) is 0 Å². The molecule has 23 heavy (non-hydrogen) atoms. The maximum Gasteiger partial charge on any atom is 0.584 e. The second-order valence-electron chi connectivity index (χ2n) is 4.78. The summed E-state index contributed by atoms with van der Waals surface area (Å²) in [7, 11) is -4.14. The Bertz CT molecular complexity index is 549. The third kappa shape index (κ3) is 7.30. The maximum atomic E-state index is 11.7. The van der Waals surface area contributed by atoms with E-state index in [0.717, 1.165) is 26.2 Å². The van der Waals surface area contributed by atoms with Crippen molar-refractivity contribution in [3.63, 3.8) is 0 Å². The van der Waals surface area contributed by atoms with E-state index in [1.807, 2.05) is 0 Å². The predicted molar refractivity (Wildman–Crippen MR) is 89.7 cm³/mol. The lowest BCUT2D eigenvalue weighted by Crippen LogP contribution is -2.39. The summed E-state index contributed by atoms with van der Waals surface area (Å²) in [6, 6.07) is 16.7. The molecule has 0 saturated carbocycles. The first-order chi connectivity index (χ1) is 11.2. The van der Waals surface area contributed by atoms with Crippen molar-refractivity contribution < 1.29 is 18.5 Å². The molecule has 0 atom stereocenters. The van der Waals surface area contributed by atoms with Crippen LogP contribution in [0.3, 0.4) is 0 Å². The van der Waals surface area contributed by atoms with E-state index in [0.29, 0.717) is 0 Å². The molecule has 3 N–H and O–H groups in total. The highest BCUT2D eigenvalue weighted by molar-refractivity contribution is 7.48. The number of hydrogen-bond acceptors (Lipinski definition) is 5. The topological polar surface area (TPSA) is 79.8 Å². The van der Waals surface area contributed by atoms with Gasteiger partial charge in [0.05, 0.1) is 0 Å². The molecule has 1 saturated heterocycles. The Morgan fingerprint density at radius 2 is 1.09 bits per heavy atom. The van der Waals surface area contributed by atoms with Crippen molar-refractivity contribution in [3.05, 3.63) is 60.7 Å². The molecule has 2 aromatic carbocycles. The highest BCUT2D eigenvalue weighted by Crippen LogP contribution is 2.43. The van der Waals surface area contributed by atoms with E-state index in [4.69, 9.17) is 9.05 Å². The summed E-state index contributed by atoms with van der Waals surface area (Å²) in [5.74, 6) is 0.573. The average molecular weight is 336 g/mol. The molecule has 0 aliphatic carbocycles. The molecule has 0 unspecified atom stereocenters. The normalized spacial score (nSPS) is 14.3. The minimum atomic E-state index is -4.14. The van der Waals surface area contributed by atoms with Gasteiger partial charge in [0.25, 0.3) is 0 Å². The van der Waals surface area contributed by atoms with Crippen LogP contribution in [-0.4, -0.2) is 31.1 Å². The lowest BCUT2D eigenvalue weighted by molar-refractivity contribution is 0.291. The van der Waals surface area contributed by atoms with Gasteiger partial charge in [-0.05, 0) is 24.3 Å². The van der Waals surface area contributed by atoms with Gasteiger partial charge in [-0.25, -0.2) is 4.57 Å². The van der Waals surface area contributed by atoms with Crippen molar-refractivity contribution in [2.24, 2.45) is 0 Å². The highest BCUT2D eigenvalue weighted by Gasteiger charge is 2.24. The Balaban J connectivity index is 0.000000268. The summed E-state index contributed by atoms with van der Waals surface area (Å²) < 4.78 is 21.5. The van der Waals surface area contributed by atoms with Crippen LogP contribution in [0, 0.1) is 0 Å². The van der Waals surface area contributed by atoms with Crippen molar-refractivity contribution in [2.45, 2.75) is 0 Å². The number of para-hydroxylation sites is 2. The fourth-order valence-corrected chi connectivity index (χ4v) is 2.66. The van der Waals surface area contributed by atoms with Crippen LogP contribution in [0.4, 0.5) is 0 Å². The fourth-order valence-electron chi connectivity index (χ4n) is 1.85. The predicted octanol–water partition coefficient (Wildman–Crippen LogP) is 2.42. The molecule has 0 spiro atoms. The van der Waals surface area contributed by atoms with Crippen LogP contribution >= 0.6 is 7.82 Å². The van der Waals surface area contributed by atoms with Gasteiger partial charge in [0.1, 0.15) is 11.5 Å². The molecule has 7 heteroatoms. The quantitative estimate of drug-likeness (QED) is 0.744. The minimum Gasteiger partial charge on any atom is -0.395 e. The van der Waals surface area contributed by atoms with Crippen LogP contribution in [0.2, 0.25) is 0 Å². The van der Waals surface area contributed by atoms with Gasteiger partial charge in [-0.3, -0.25) is 4.89 Å². The number of benzene rings is 2. The van der Waals surface area contributed by atoms with Crippen molar-refractivity contribution in [1.29, 1.82) is 0 Å². The highest BCUT2D eigenvalue weighted by atomic mass is 31.2. The first kappa shape index (κ1) is 17.5. The van der Waals surface area contributed by atoms with Crippen molar-refractivity contribution >= 4 is 7.82 Å². The molecule has 3 rings (SSSR count). The number of phosphoric ester groups is 1. The molecule has 1 aliphatic rings. The van der Waals surface area contributed by atoms with Gasteiger partial charge in [0.15, 0.2) is 0 Å². The van der Waals surface area contributed by atoms with Crippen molar-refractivity contribution in [3.8, 4) is 11.5 Å². The molecule has 1 aliphatic heterocycles. The van der Waals surface area contributed by atoms with E-state index in [-0.39, 0.29) is 11.5 Å². The van der Waals surface area contributed by atoms with Crippen LogP contribution in [0.25, 0.3) is 0 Å². The molecule has 6 nitrogen and oxygen atoms in total. The maximum absolute atomic E-state index is 11.7. The molecule has 0 amide bonds. The third-order valence-electron chi connectivity index (χ3n) is 2.89. The summed E-state index contributed by atoms with van der Waals surface area (Å²) in [6.07, 6.45) is 0. The van der Waals surface area contributed by atoms with Crippen LogP contribution < -0.4 is 19.7 Å². The zero-order valence-electron chi connectivity index (χ0n) is 12.7. The van der Waals surface area contributed by atoms with Gasteiger partial charge in [-0.15, -0.1) is 0 Å². The van der Waals surface area contributed by atoms with Crippen LogP contribution in [-0.2, 0) is 4.57 Å². The van der Waals surface area contributed by atoms with Gasteiger partial charge in [-0.2, -0.15) is 0 Å². The summed E-state index contributed by atoms with van der Waals surface area (Å²) >= 11 is 0. The monoisotopic (exact) mass is 336 g/mol. The van der Waals surface area contributed by atoms with Gasteiger partial charge in [0.2, 0.25) is 0 Å². The average Bonchev–Trinajstić information content (AvgIpc) is 2.58. The van der Waals surface area contributed by atoms with Gasteiger partial charge in [0, 0.05) is 26.2 Å². The SMILES string of the molecule is C1CNCCN1.O=P(O)(Oc1ccccc1)Oc1ccccc1. The smallest absolute Gasteiger partial charge is 0.395 e. The number of phosphoric acid groups is 1. The van der Waals surface area contributed by atoms with Crippen LogP contribution in [0.5, 0.6) is 11.5 Å². The molecule has 1 heterocycles. The summed E-state index contributed by atoms with van der Waals surface area (Å²) in [5.41, 5.74) is 0. The lowest BCUT2D eigenvalue weighted by atomic mass is 10.3. The number of nitrogens with one attached hydrogen (secondary N) is 2. The second-order valence-corrected chi connectivity index (χ2v) is 6.08. The zero-order valence-corrected chi connectivity index (χ0v) is 13.6. The Labute approximate surface area is 136 Å². The van der Waals surface area contributed by atoms with Crippen LogP contribution in [0.15, 0.2) is 60.7 Å². The minimum absolute atomic E-state index is 0.286. The van der Waals surface area contributed by atoms with Gasteiger partial charge >= 0.3 is 7.82 Å². The van der Waals surface area contributed by atoms with E-state index in [2.05, 4.69) is 10.6 Å². The van der Waals surface area contributed by atoms with E-state index in [1.54, 1.807) is 60.7 Å². The molecule has 124 valence electrons. The Morgan fingerprint density at radius 3 is 1.39 bits per heavy atom. The van der Waals surface area contributed by atoms with Gasteiger partial charge in [-0.1, -0.05) is 36.4 Å². The molecular formula is C16H21N2O4P. The fraction of sp³-hybridized carbons (Fsp3) is 0.250. The zero-order chi connectivity index (χ0) is 16.4. The first-order valence-corrected chi connectivity index (χ1v) is 8.89. The first-order valence-electron chi connectivity index (χ1n) is 7.39. The molecule has 0 aromatic heterocycles. The van der Waals surface area contributed by atoms with E-state index in [9.17, 15) is 9.46 Å². The summed E-state index contributed by atoms with van der Waals surface area (Å²) in [6.45, 7) is 4.56. The third-order valence-corrected chi connectivity index (χ3v) is 3.77. The van der Waals surface area contributed by atoms with Crippen molar-refractivity contribution in [2.75, 3.05) is 26.2 Å². The number of piperazine rings is 1. The number of rotatable bonds is 4. The number of hydrogen-bond donors (Lipinski definition) is 3. The standard InChI is InChI=1S/C12H11O4P.C4H10N2/c13-17(14,15-11-7-3-1-4-8-11)16-12-9-5-2-6-10-12;1-2-6-4-3-5-1/h1-10H,(H,13,14);5-6H,1-4H2. The molecule has 0 radical (unpaired) electrons. The Hall–Kier alpha value is -1.85. The second kappa shape index (κ2) is 9.33. The molecular weight excluding hydrogens is 315 g/mol. The van der Waals surface area contributed by atoms with Gasteiger partial charge < -0.3 is 19.7 Å². The van der Waals surface area contributed by atoms with E-state index < -0.39 is 7.82 Å². The lowest BCUT2D eigenvalue weighted by Gasteiger charge is -2.13. The summed E-state index contributed by atoms with van der Waals surface area (Å²) in [5, 5.41) is 6.44. The Kier molecular flexibility index (Phi) is 7.10.